The van der Waals surface area contributed by atoms with Gasteiger partial charge in [0.15, 0.2) is 16.5 Å². The second-order valence-corrected chi connectivity index (χ2v) is 8.93. The van der Waals surface area contributed by atoms with Gasteiger partial charge in [-0.1, -0.05) is 72.0 Å². The number of carbonyl (C=O) groups is 1. The number of carbonyl (C=O) groups excluding carboxylic acids is 1. The highest BCUT2D eigenvalue weighted by molar-refractivity contribution is 7.15. The lowest BCUT2D eigenvalue weighted by Crippen LogP contribution is -2.23. The molecule has 0 bridgehead atoms. The number of imidazole rings is 1. The molecule has 36 heavy (non-hydrogen) atoms. The van der Waals surface area contributed by atoms with Crippen molar-refractivity contribution in [2.75, 3.05) is 14.2 Å². The highest BCUT2D eigenvalue weighted by atomic mass is 32.1. The van der Waals surface area contributed by atoms with Crippen LogP contribution in [0.5, 0.6) is 17.2 Å². The number of nitrogens with zero attached hydrogens (tertiary/aromatic N) is 2. The van der Waals surface area contributed by atoms with Gasteiger partial charge in [0.2, 0.25) is 5.75 Å². The Labute approximate surface area is 210 Å². The van der Waals surface area contributed by atoms with E-state index < -0.39 is 5.97 Å². The number of thiazole rings is 1. The van der Waals surface area contributed by atoms with E-state index >= 15 is 0 Å². The van der Waals surface area contributed by atoms with Crippen LogP contribution >= 0.6 is 11.3 Å². The smallest absolute Gasteiger partial charge is 0.308 e. The fraction of sp³-hybridized carbons (Fsp3) is 0.107. The standard InChI is InChI=1S/C28H22N2O5S/c1-17(31)35-26-21(33-2)14-18(15-22(26)34-3)16-23-27(32)30-25(20-12-8-5-9-13-20)24(29-28(30)36-23)19-10-6-4-7-11-19/h4-16H,1-3H3/b23-16+. The zero-order chi connectivity index (χ0) is 25.2. The van der Waals surface area contributed by atoms with Crippen molar-refractivity contribution in [2.24, 2.45) is 0 Å². The summed E-state index contributed by atoms with van der Waals surface area (Å²) in [5, 5.41) is 0. The summed E-state index contributed by atoms with van der Waals surface area (Å²) in [6.07, 6.45) is 1.75. The van der Waals surface area contributed by atoms with Gasteiger partial charge in [0.1, 0.15) is 0 Å². The minimum atomic E-state index is -0.493. The van der Waals surface area contributed by atoms with E-state index in [1.165, 1.54) is 32.5 Å². The molecule has 3 aromatic carbocycles. The van der Waals surface area contributed by atoms with E-state index in [0.717, 1.165) is 22.5 Å². The van der Waals surface area contributed by atoms with Crippen LogP contribution in [0.2, 0.25) is 0 Å². The van der Waals surface area contributed by atoms with Gasteiger partial charge in [0.05, 0.1) is 30.1 Å². The largest absolute Gasteiger partial charge is 0.493 e. The fourth-order valence-electron chi connectivity index (χ4n) is 4.04. The summed E-state index contributed by atoms with van der Waals surface area (Å²) < 4.78 is 18.3. The molecule has 5 rings (SSSR count). The number of hydrogen-bond acceptors (Lipinski definition) is 7. The van der Waals surface area contributed by atoms with Crippen LogP contribution in [-0.4, -0.2) is 29.6 Å². The average molecular weight is 499 g/mol. The van der Waals surface area contributed by atoms with E-state index in [1.807, 2.05) is 60.7 Å². The van der Waals surface area contributed by atoms with E-state index in [0.29, 0.717) is 26.6 Å². The monoisotopic (exact) mass is 498 g/mol. The van der Waals surface area contributed by atoms with E-state index in [9.17, 15) is 9.59 Å². The number of hydrogen-bond donors (Lipinski definition) is 0. The van der Waals surface area contributed by atoms with Gasteiger partial charge in [-0.25, -0.2) is 9.38 Å². The van der Waals surface area contributed by atoms with Crippen LogP contribution in [0.1, 0.15) is 12.5 Å². The molecule has 0 aliphatic rings. The molecule has 0 fully saturated rings. The topological polar surface area (TPSA) is 79.1 Å². The second kappa shape index (κ2) is 9.67. The molecular formula is C28H22N2O5S. The number of benzene rings is 3. The van der Waals surface area contributed by atoms with Crippen LogP contribution < -0.4 is 24.3 Å². The number of rotatable bonds is 6. The third-order valence-electron chi connectivity index (χ3n) is 5.58. The number of ether oxygens (including phenoxy) is 3. The van der Waals surface area contributed by atoms with Gasteiger partial charge < -0.3 is 14.2 Å². The molecule has 180 valence electrons. The molecule has 0 atom stereocenters. The van der Waals surface area contributed by atoms with Crippen molar-refractivity contribution in [3.8, 4) is 39.8 Å². The molecule has 0 saturated carbocycles. The molecule has 0 radical (unpaired) electrons. The van der Waals surface area contributed by atoms with Crippen LogP contribution in [0.3, 0.4) is 0 Å². The summed E-state index contributed by atoms with van der Waals surface area (Å²) in [4.78, 5) is 30.6. The number of esters is 1. The van der Waals surface area contributed by atoms with Crippen LogP contribution in [0, 0.1) is 0 Å². The molecule has 2 heterocycles. The highest BCUT2D eigenvalue weighted by Gasteiger charge is 2.20. The molecule has 2 aromatic heterocycles. The molecule has 0 aliphatic carbocycles. The zero-order valence-corrected chi connectivity index (χ0v) is 20.7. The Morgan fingerprint density at radius 2 is 1.50 bits per heavy atom. The lowest BCUT2D eigenvalue weighted by atomic mass is 10.1. The molecule has 0 aliphatic heterocycles. The first-order valence-electron chi connectivity index (χ1n) is 11.1. The highest BCUT2D eigenvalue weighted by Crippen LogP contribution is 2.39. The van der Waals surface area contributed by atoms with Crippen molar-refractivity contribution in [2.45, 2.75) is 6.92 Å². The Morgan fingerprint density at radius 3 is 2.06 bits per heavy atom. The number of methoxy groups -OCH3 is 2. The zero-order valence-electron chi connectivity index (χ0n) is 19.8. The minimum Gasteiger partial charge on any atom is -0.493 e. The molecule has 0 saturated heterocycles. The number of aromatic nitrogens is 2. The molecule has 8 heteroatoms. The van der Waals surface area contributed by atoms with E-state index in [-0.39, 0.29) is 11.3 Å². The number of fused-ring (bicyclic) bond motifs is 1. The Kier molecular flexibility index (Phi) is 6.26. The first-order chi connectivity index (χ1) is 17.5. The third-order valence-corrected chi connectivity index (χ3v) is 6.55. The van der Waals surface area contributed by atoms with Crippen molar-refractivity contribution in [3.05, 3.63) is 93.2 Å². The molecular weight excluding hydrogens is 476 g/mol. The summed E-state index contributed by atoms with van der Waals surface area (Å²) in [6.45, 7) is 1.30. The normalized spacial score (nSPS) is 11.6. The van der Waals surface area contributed by atoms with Gasteiger partial charge in [-0.05, 0) is 23.8 Å². The second-order valence-electron chi connectivity index (χ2n) is 7.92. The Bertz CT molecular complexity index is 1650. The first-order valence-corrected chi connectivity index (χ1v) is 11.9. The summed E-state index contributed by atoms with van der Waals surface area (Å²) in [6, 6.07) is 23.0. The maximum absolute atomic E-state index is 13.7. The van der Waals surface area contributed by atoms with E-state index in [1.54, 1.807) is 22.6 Å². The van der Waals surface area contributed by atoms with Gasteiger partial charge in [-0.2, -0.15) is 0 Å². The first kappa shape index (κ1) is 23.3. The quantitative estimate of drug-likeness (QED) is 0.252. The molecule has 0 unspecified atom stereocenters. The third kappa shape index (κ3) is 4.23. The maximum atomic E-state index is 13.7. The Balaban J connectivity index is 1.72. The lowest BCUT2D eigenvalue weighted by molar-refractivity contribution is -0.132. The summed E-state index contributed by atoms with van der Waals surface area (Å²) in [7, 11) is 2.95. The summed E-state index contributed by atoms with van der Waals surface area (Å²) >= 11 is 1.30. The fourth-order valence-corrected chi connectivity index (χ4v) is 5.01. The Morgan fingerprint density at radius 1 is 0.917 bits per heavy atom. The molecule has 0 spiro atoms. The van der Waals surface area contributed by atoms with Crippen molar-refractivity contribution in [1.82, 2.24) is 9.38 Å². The van der Waals surface area contributed by atoms with Gasteiger partial charge in [0.25, 0.3) is 5.56 Å². The van der Waals surface area contributed by atoms with Crippen molar-refractivity contribution in [3.63, 3.8) is 0 Å². The molecule has 0 N–H and O–H groups in total. The molecule has 0 amide bonds. The van der Waals surface area contributed by atoms with Crippen LogP contribution in [0.25, 0.3) is 33.6 Å². The van der Waals surface area contributed by atoms with Crippen LogP contribution in [0.4, 0.5) is 0 Å². The summed E-state index contributed by atoms with van der Waals surface area (Å²) in [5.41, 5.74) is 3.83. The Hall–Kier alpha value is -4.43. The predicted molar refractivity (Wildman–Crippen MR) is 140 cm³/mol. The van der Waals surface area contributed by atoms with Gasteiger partial charge >= 0.3 is 5.97 Å². The predicted octanol–water partition coefficient (Wildman–Crippen LogP) is 4.58. The van der Waals surface area contributed by atoms with Gasteiger partial charge in [0, 0.05) is 18.1 Å². The van der Waals surface area contributed by atoms with E-state index in [4.69, 9.17) is 19.2 Å². The van der Waals surface area contributed by atoms with Crippen molar-refractivity contribution >= 4 is 28.3 Å². The van der Waals surface area contributed by atoms with Crippen LogP contribution in [0.15, 0.2) is 77.6 Å². The van der Waals surface area contributed by atoms with Gasteiger partial charge in [-0.3, -0.25) is 9.59 Å². The van der Waals surface area contributed by atoms with E-state index in [2.05, 4.69) is 0 Å². The van der Waals surface area contributed by atoms with Crippen molar-refractivity contribution < 1.29 is 19.0 Å². The molecule has 5 aromatic rings. The lowest BCUT2D eigenvalue weighted by Gasteiger charge is -2.13. The minimum absolute atomic E-state index is 0.175. The SMILES string of the molecule is COc1cc(/C=c2/sc3nc(-c4ccccc4)c(-c4ccccc4)n3c2=O)cc(OC)c1OC(C)=O. The van der Waals surface area contributed by atoms with Crippen molar-refractivity contribution in [1.29, 1.82) is 0 Å². The summed E-state index contributed by atoms with van der Waals surface area (Å²) in [5.74, 6) is 0.334. The van der Waals surface area contributed by atoms with Crippen LogP contribution in [-0.2, 0) is 4.79 Å². The maximum Gasteiger partial charge on any atom is 0.308 e. The molecule has 7 nitrogen and oxygen atoms in total. The average Bonchev–Trinajstić information content (AvgIpc) is 3.41. The van der Waals surface area contributed by atoms with Gasteiger partial charge in [-0.15, -0.1) is 0 Å².